The molecular weight excluding hydrogens is 364 g/mol. The molecule has 29 heavy (non-hydrogen) atoms. The largest absolute Gasteiger partial charge is 0.494 e. The van der Waals surface area contributed by atoms with Crippen LogP contribution >= 0.6 is 0 Å². The number of hydrogen-bond donors (Lipinski definition) is 1. The number of hydrogen-bond acceptors (Lipinski definition) is 4. The summed E-state index contributed by atoms with van der Waals surface area (Å²) >= 11 is 0. The maximum Gasteiger partial charge on any atom is 0.277 e. The van der Waals surface area contributed by atoms with Crippen LogP contribution in [-0.4, -0.2) is 25.3 Å². The molecule has 0 spiro atoms. The monoisotopic (exact) mass is 396 g/mol. The van der Waals surface area contributed by atoms with Crippen molar-refractivity contribution in [3.8, 4) is 11.5 Å². The van der Waals surface area contributed by atoms with Crippen LogP contribution in [0.4, 0.5) is 0 Å². The molecule has 0 fully saturated rings. The van der Waals surface area contributed by atoms with Gasteiger partial charge in [-0.25, -0.2) is 5.43 Å². The molecule has 5 heteroatoms. The topological polar surface area (TPSA) is 59.9 Å². The third-order valence-electron chi connectivity index (χ3n) is 4.41. The smallest absolute Gasteiger partial charge is 0.277 e. The van der Waals surface area contributed by atoms with Gasteiger partial charge in [-0.3, -0.25) is 4.79 Å². The predicted molar refractivity (Wildman–Crippen MR) is 118 cm³/mol. The second-order valence-corrected chi connectivity index (χ2v) is 6.95. The minimum absolute atomic E-state index is 0.0732. The van der Waals surface area contributed by atoms with Crippen molar-refractivity contribution in [1.82, 2.24) is 5.43 Å². The Hall–Kier alpha value is -2.82. The number of nitrogens with zero attached hydrogens (tertiary/aromatic N) is 1. The van der Waals surface area contributed by atoms with Gasteiger partial charge in [-0.15, -0.1) is 0 Å². The zero-order valence-electron chi connectivity index (χ0n) is 17.5. The number of ether oxygens (including phenoxy) is 2. The summed E-state index contributed by atoms with van der Waals surface area (Å²) in [6, 6.07) is 15.5. The Morgan fingerprint density at radius 3 is 2.24 bits per heavy atom. The van der Waals surface area contributed by atoms with E-state index in [9.17, 15) is 4.79 Å². The van der Waals surface area contributed by atoms with Crippen molar-refractivity contribution in [3.05, 3.63) is 59.7 Å². The lowest BCUT2D eigenvalue weighted by molar-refractivity contribution is -0.123. The van der Waals surface area contributed by atoms with Gasteiger partial charge in [-0.2, -0.15) is 5.10 Å². The highest BCUT2D eigenvalue weighted by molar-refractivity contribution is 5.83. The van der Waals surface area contributed by atoms with E-state index >= 15 is 0 Å². The summed E-state index contributed by atoms with van der Waals surface area (Å²) in [6.07, 6.45) is 8.44. The molecule has 5 nitrogen and oxygen atoms in total. The number of amides is 1. The Labute approximate surface area is 174 Å². The van der Waals surface area contributed by atoms with Gasteiger partial charge in [-0.05, 0) is 66.8 Å². The molecule has 0 unspecified atom stereocenters. The lowest BCUT2D eigenvalue weighted by atomic mass is 10.1. The first-order chi connectivity index (χ1) is 14.2. The fourth-order valence-electron chi connectivity index (χ4n) is 2.69. The molecule has 156 valence electrons. The normalized spacial score (nSPS) is 10.8. The van der Waals surface area contributed by atoms with Gasteiger partial charge in [-0.1, -0.05) is 45.2 Å². The standard InChI is InChI=1S/C24H32N2O3/c1-3-5-7-17-28-22-15-11-21(12-16-22)18-25-26-24(27)19-29-23-13-9-20(10-14-23)8-6-4-2/h9-16,18H,3-8,17,19H2,1-2H3,(H,26,27)/b25-18+. The third-order valence-corrected chi connectivity index (χ3v) is 4.41. The minimum Gasteiger partial charge on any atom is -0.494 e. The molecule has 0 saturated heterocycles. The van der Waals surface area contributed by atoms with Crippen molar-refractivity contribution in [2.24, 2.45) is 5.10 Å². The second kappa shape index (κ2) is 13.4. The van der Waals surface area contributed by atoms with Crippen molar-refractivity contribution in [3.63, 3.8) is 0 Å². The molecule has 0 aromatic heterocycles. The Bertz CT molecular complexity index is 740. The fourth-order valence-corrected chi connectivity index (χ4v) is 2.69. The van der Waals surface area contributed by atoms with E-state index in [1.807, 2.05) is 48.5 Å². The van der Waals surface area contributed by atoms with E-state index in [4.69, 9.17) is 9.47 Å². The molecule has 0 radical (unpaired) electrons. The molecule has 2 rings (SSSR count). The number of carbonyl (C=O) groups is 1. The van der Waals surface area contributed by atoms with Gasteiger partial charge < -0.3 is 9.47 Å². The summed E-state index contributed by atoms with van der Waals surface area (Å²) in [4.78, 5) is 11.9. The van der Waals surface area contributed by atoms with Gasteiger partial charge in [0.1, 0.15) is 11.5 Å². The molecule has 0 bridgehead atoms. The van der Waals surface area contributed by atoms with Crippen LogP contribution in [-0.2, 0) is 11.2 Å². The first kappa shape index (κ1) is 22.5. The van der Waals surface area contributed by atoms with Gasteiger partial charge in [0.15, 0.2) is 6.61 Å². The third kappa shape index (κ3) is 9.28. The maximum absolute atomic E-state index is 11.9. The van der Waals surface area contributed by atoms with Crippen LogP contribution in [0.3, 0.4) is 0 Å². The van der Waals surface area contributed by atoms with Gasteiger partial charge in [0.2, 0.25) is 0 Å². The quantitative estimate of drug-likeness (QED) is 0.290. The van der Waals surface area contributed by atoms with E-state index in [1.165, 1.54) is 31.2 Å². The molecule has 0 aliphatic carbocycles. The lowest BCUT2D eigenvalue weighted by Crippen LogP contribution is -2.24. The van der Waals surface area contributed by atoms with E-state index in [1.54, 1.807) is 6.21 Å². The van der Waals surface area contributed by atoms with Gasteiger partial charge in [0, 0.05) is 0 Å². The van der Waals surface area contributed by atoms with E-state index < -0.39 is 0 Å². The summed E-state index contributed by atoms with van der Waals surface area (Å²) in [7, 11) is 0. The molecule has 0 heterocycles. The van der Waals surface area contributed by atoms with Crippen LogP contribution in [0, 0.1) is 0 Å². The average Bonchev–Trinajstić information content (AvgIpc) is 2.75. The number of hydrazone groups is 1. The Balaban J connectivity index is 1.68. The number of unbranched alkanes of at least 4 members (excludes halogenated alkanes) is 3. The Morgan fingerprint density at radius 1 is 0.897 bits per heavy atom. The summed E-state index contributed by atoms with van der Waals surface area (Å²) in [6.45, 7) is 5.01. The van der Waals surface area contributed by atoms with E-state index in [0.29, 0.717) is 5.75 Å². The molecule has 2 aromatic carbocycles. The van der Waals surface area contributed by atoms with Crippen molar-refractivity contribution in [2.75, 3.05) is 13.2 Å². The Morgan fingerprint density at radius 2 is 1.55 bits per heavy atom. The number of nitrogens with one attached hydrogen (secondary N) is 1. The number of aryl methyl sites for hydroxylation is 1. The predicted octanol–water partition coefficient (Wildman–Crippen LogP) is 5.13. The SMILES string of the molecule is CCCCCOc1ccc(/C=N/NC(=O)COc2ccc(CCCC)cc2)cc1. The molecule has 0 aliphatic rings. The van der Waals surface area contributed by atoms with E-state index in [0.717, 1.165) is 30.8 Å². The van der Waals surface area contributed by atoms with Crippen LogP contribution in [0.25, 0.3) is 0 Å². The zero-order valence-corrected chi connectivity index (χ0v) is 17.5. The van der Waals surface area contributed by atoms with E-state index in [-0.39, 0.29) is 12.5 Å². The molecule has 2 aromatic rings. The van der Waals surface area contributed by atoms with Gasteiger partial charge in [0.05, 0.1) is 12.8 Å². The molecule has 0 saturated carbocycles. The highest BCUT2D eigenvalue weighted by Crippen LogP contribution is 2.14. The molecule has 0 atom stereocenters. The molecule has 1 amide bonds. The highest BCUT2D eigenvalue weighted by atomic mass is 16.5. The lowest BCUT2D eigenvalue weighted by Gasteiger charge is -2.06. The number of carbonyl (C=O) groups excluding carboxylic acids is 1. The second-order valence-electron chi connectivity index (χ2n) is 6.95. The van der Waals surface area contributed by atoms with Crippen LogP contribution in [0.1, 0.15) is 57.1 Å². The van der Waals surface area contributed by atoms with Crippen LogP contribution in [0.15, 0.2) is 53.6 Å². The summed E-state index contributed by atoms with van der Waals surface area (Å²) in [5.74, 6) is 1.22. The number of rotatable bonds is 13. The first-order valence-corrected chi connectivity index (χ1v) is 10.5. The van der Waals surface area contributed by atoms with Crippen LogP contribution in [0.5, 0.6) is 11.5 Å². The molecular formula is C24H32N2O3. The molecule has 0 aliphatic heterocycles. The molecule has 1 N–H and O–H groups in total. The summed E-state index contributed by atoms with van der Waals surface area (Å²) in [5.41, 5.74) is 4.64. The van der Waals surface area contributed by atoms with E-state index in [2.05, 4.69) is 24.4 Å². The first-order valence-electron chi connectivity index (χ1n) is 10.5. The van der Waals surface area contributed by atoms with Crippen molar-refractivity contribution in [1.29, 1.82) is 0 Å². The number of benzene rings is 2. The fraction of sp³-hybridized carbons (Fsp3) is 0.417. The maximum atomic E-state index is 11.9. The van der Waals surface area contributed by atoms with Crippen LogP contribution < -0.4 is 14.9 Å². The summed E-state index contributed by atoms with van der Waals surface area (Å²) < 4.78 is 11.2. The van der Waals surface area contributed by atoms with Crippen molar-refractivity contribution >= 4 is 12.1 Å². The zero-order chi connectivity index (χ0) is 20.7. The Kier molecular flexibility index (Phi) is 10.4. The average molecular weight is 397 g/mol. The van der Waals surface area contributed by atoms with Crippen LogP contribution in [0.2, 0.25) is 0 Å². The van der Waals surface area contributed by atoms with Gasteiger partial charge >= 0.3 is 0 Å². The van der Waals surface area contributed by atoms with Gasteiger partial charge in [0.25, 0.3) is 5.91 Å². The minimum atomic E-state index is -0.299. The highest BCUT2D eigenvalue weighted by Gasteiger charge is 2.02. The summed E-state index contributed by atoms with van der Waals surface area (Å²) in [5, 5.41) is 3.97. The van der Waals surface area contributed by atoms with Crippen molar-refractivity contribution in [2.45, 2.75) is 52.4 Å². The van der Waals surface area contributed by atoms with Crippen molar-refractivity contribution < 1.29 is 14.3 Å².